The van der Waals surface area contributed by atoms with E-state index in [4.69, 9.17) is 4.74 Å². The minimum absolute atomic E-state index is 0.147. The molecule has 2 N–H and O–H groups in total. The van der Waals surface area contributed by atoms with E-state index in [1.807, 2.05) is 36.4 Å². The molecule has 1 aromatic carbocycles. The first-order valence-corrected chi connectivity index (χ1v) is 8.23. The van der Waals surface area contributed by atoms with Crippen LogP contribution >= 0.6 is 0 Å². The first-order chi connectivity index (χ1) is 12.2. The number of nitrogens with one attached hydrogen (secondary N) is 2. The summed E-state index contributed by atoms with van der Waals surface area (Å²) in [6, 6.07) is 11.6. The lowest BCUT2D eigenvalue weighted by molar-refractivity contribution is -0.145. The molecule has 25 heavy (non-hydrogen) atoms. The van der Waals surface area contributed by atoms with Crippen LogP contribution in [-0.4, -0.2) is 24.4 Å². The molecular formula is C19H19N3O3. The standard InChI is InChI=1S/C19H19N3O3/c1-2-25-19(24)14(11-20)13-8-9-15-17(18(13)23)16(22-21-15)10-12-6-4-3-5-7-12/h3-9,14,16-17,21-22H,2,10H2,1H3. The summed E-state index contributed by atoms with van der Waals surface area (Å²) in [5.74, 6) is -2.52. The lowest BCUT2D eigenvalue weighted by Crippen LogP contribution is -2.38. The molecule has 0 bridgehead atoms. The van der Waals surface area contributed by atoms with Gasteiger partial charge in [-0.3, -0.25) is 9.59 Å². The fourth-order valence-corrected chi connectivity index (χ4v) is 3.21. The van der Waals surface area contributed by atoms with Crippen molar-refractivity contribution in [3.63, 3.8) is 0 Å². The van der Waals surface area contributed by atoms with Crippen LogP contribution in [-0.2, 0) is 20.7 Å². The predicted octanol–water partition coefficient (Wildman–Crippen LogP) is 1.42. The maximum atomic E-state index is 13.0. The molecule has 0 aromatic heterocycles. The zero-order chi connectivity index (χ0) is 17.8. The summed E-state index contributed by atoms with van der Waals surface area (Å²) >= 11 is 0. The highest BCUT2D eigenvalue weighted by atomic mass is 16.5. The highest BCUT2D eigenvalue weighted by Crippen LogP contribution is 2.31. The van der Waals surface area contributed by atoms with Gasteiger partial charge in [-0.15, -0.1) is 0 Å². The van der Waals surface area contributed by atoms with Crippen molar-refractivity contribution in [2.75, 3.05) is 6.61 Å². The number of hydrogen-bond donors (Lipinski definition) is 2. The molecule has 6 nitrogen and oxygen atoms in total. The van der Waals surface area contributed by atoms with E-state index in [9.17, 15) is 14.9 Å². The van der Waals surface area contributed by atoms with Gasteiger partial charge in [-0.25, -0.2) is 5.43 Å². The number of carbonyl (C=O) groups is 2. The maximum absolute atomic E-state index is 13.0. The highest BCUT2D eigenvalue weighted by Gasteiger charge is 2.43. The number of ketones is 1. The largest absolute Gasteiger partial charge is 0.465 e. The van der Waals surface area contributed by atoms with E-state index in [1.165, 1.54) is 0 Å². The van der Waals surface area contributed by atoms with Gasteiger partial charge in [0.15, 0.2) is 11.7 Å². The molecule has 128 valence electrons. The van der Waals surface area contributed by atoms with E-state index in [-0.39, 0.29) is 24.0 Å². The topological polar surface area (TPSA) is 91.2 Å². The number of rotatable bonds is 5. The van der Waals surface area contributed by atoms with Crippen molar-refractivity contribution in [3.05, 3.63) is 59.3 Å². The molecule has 1 aliphatic heterocycles. The monoisotopic (exact) mass is 337 g/mol. The third kappa shape index (κ3) is 3.32. The summed E-state index contributed by atoms with van der Waals surface area (Å²) in [6.45, 7) is 1.84. The van der Waals surface area contributed by atoms with Crippen molar-refractivity contribution in [1.29, 1.82) is 5.26 Å². The van der Waals surface area contributed by atoms with Gasteiger partial charge in [-0.2, -0.15) is 5.26 Å². The van der Waals surface area contributed by atoms with Crippen molar-refractivity contribution in [3.8, 4) is 6.07 Å². The summed E-state index contributed by atoms with van der Waals surface area (Å²) in [7, 11) is 0. The Morgan fingerprint density at radius 3 is 2.76 bits per heavy atom. The fourth-order valence-electron chi connectivity index (χ4n) is 3.21. The number of ether oxygens (including phenoxy) is 1. The quantitative estimate of drug-likeness (QED) is 0.790. The van der Waals surface area contributed by atoms with E-state index in [1.54, 1.807) is 19.1 Å². The summed E-state index contributed by atoms with van der Waals surface area (Å²) in [5.41, 5.74) is 8.23. The second-order valence-corrected chi connectivity index (χ2v) is 5.97. The van der Waals surface area contributed by atoms with Crippen LogP contribution in [0.1, 0.15) is 12.5 Å². The molecule has 1 fully saturated rings. The molecule has 0 amide bonds. The zero-order valence-electron chi connectivity index (χ0n) is 13.9. The van der Waals surface area contributed by atoms with Gasteiger partial charge in [0.25, 0.3) is 0 Å². The summed E-state index contributed by atoms with van der Waals surface area (Å²) in [4.78, 5) is 25.0. The Morgan fingerprint density at radius 1 is 1.32 bits per heavy atom. The molecule has 1 saturated heterocycles. The number of nitrogens with zero attached hydrogens (tertiary/aromatic N) is 1. The van der Waals surface area contributed by atoms with Crippen LogP contribution in [0.25, 0.3) is 0 Å². The third-order valence-electron chi connectivity index (χ3n) is 4.41. The second-order valence-electron chi connectivity index (χ2n) is 5.97. The van der Waals surface area contributed by atoms with Gasteiger partial charge < -0.3 is 10.2 Å². The van der Waals surface area contributed by atoms with E-state index >= 15 is 0 Å². The van der Waals surface area contributed by atoms with Gasteiger partial charge in [0.05, 0.1) is 18.6 Å². The molecule has 3 unspecified atom stereocenters. The van der Waals surface area contributed by atoms with Crippen LogP contribution in [0.4, 0.5) is 0 Å². The van der Waals surface area contributed by atoms with Gasteiger partial charge in [0, 0.05) is 17.3 Å². The average molecular weight is 337 g/mol. The molecule has 1 aliphatic carbocycles. The van der Waals surface area contributed by atoms with Crippen molar-refractivity contribution in [2.45, 2.75) is 19.4 Å². The number of esters is 1. The van der Waals surface area contributed by atoms with Crippen molar-refractivity contribution < 1.29 is 14.3 Å². The highest BCUT2D eigenvalue weighted by molar-refractivity contribution is 6.06. The fraction of sp³-hybridized carbons (Fsp3) is 0.316. The first-order valence-electron chi connectivity index (χ1n) is 8.23. The Bertz CT molecular complexity index is 777. The number of allylic oxidation sites excluding steroid dienone is 2. The van der Waals surface area contributed by atoms with Gasteiger partial charge in [-0.05, 0) is 25.0 Å². The van der Waals surface area contributed by atoms with Crippen LogP contribution in [0.2, 0.25) is 0 Å². The van der Waals surface area contributed by atoms with E-state index in [0.29, 0.717) is 6.42 Å². The molecule has 2 aliphatic rings. The van der Waals surface area contributed by atoms with Crippen LogP contribution in [0.5, 0.6) is 0 Å². The molecule has 1 aromatic rings. The van der Waals surface area contributed by atoms with E-state index < -0.39 is 17.8 Å². The van der Waals surface area contributed by atoms with Gasteiger partial charge in [-0.1, -0.05) is 36.4 Å². The zero-order valence-corrected chi connectivity index (χ0v) is 13.9. The lowest BCUT2D eigenvalue weighted by atomic mass is 9.79. The van der Waals surface area contributed by atoms with Gasteiger partial charge in [0.1, 0.15) is 0 Å². The predicted molar refractivity (Wildman–Crippen MR) is 90.6 cm³/mol. The SMILES string of the molecule is CCOC(=O)C(C#N)C1=CC=C2NNC(Cc3ccccc3)C2C1=O. The van der Waals surface area contributed by atoms with Gasteiger partial charge >= 0.3 is 5.97 Å². The molecule has 0 saturated carbocycles. The third-order valence-corrected chi connectivity index (χ3v) is 4.41. The first kappa shape index (κ1) is 16.9. The number of fused-ring (bicyclic) bond motifs is 1. The Morgan fingerprint density at radius 2 is 2.08 bits per heavy atom. The molecule has 3 rings (SSSR count). The number of benzene rings is 1. The molecular weight excluding hydrogens is 318 g/mol. The normalized spacial score (nSPS) is 22.8. The Balaban J connectivity index is 1.82. The van der Waals surface area contributed by atoms with Crippen LogP contribution < -0.4 is 10.9 Å². The Labute approximate surface area is 146 Å². The van der Waals surface area contributed by atoms with Crippen molar-refractivity contribution >= 4 is 11.8 Å². The van der Waals surface area contributed by atoms with Crippen LogP contribution in [0.3, 0.4) is 0 Å². The lowest BCUT2D eigenvalue weighted by Gasteiger charge is -2.23. The molecule has 0 radical (unpaired) electrons. The minimum atomic E-state index is -1.19. The number of Topliss-reactive ketones (excluding diaryl/α,β-unsaturated/α-hetero) is 1. The Kier molecular flexibility index (Phi) is 4.96. The van der Waals surface area contributed by atoms with Crippen LogP contribution in [0, 0.1) is 23.2 Å². The minimum Gasteiger partial charge on any atom is -0.465 e. The average Bonchev–Trinajstić information content (AvgIpc) is 3.02. The van der Waals surface area contributed by atoms with Gasteiger partial charge in [0.2, 0.25) is 0 Å². The molecule has 6 heteroatoms. The molecule has 3 atom stereocenters. The smallest absolute Gasteiger partial charge is 0.328 e. The van der Waals surface area contributed by atoms with Crippen LogP contribution in [0.15, 0.2) is 53.8 Å². The van der Waals surface area contributed by atoms with Crippen molar-refractivity contribution in [1.82, 2.24) is 10.9 Å². The number of nitriles is 1. The summed E-state index contributed by atoms with van der Waals surface area (Å²) in [5, 5.41) is 9.34. The second kappa shape index (κ2) is 7.32. The van der Waals surface area contributed by atoms with Crippen molar-refractivity contribution in [2.24, 2.45) is 11.8 Å². The Hall–Kier alpha value is -2.91. The number of carbonyl (C=O) groups excluding carboxylic acids is 2. The molecule has 1 heterocycles. The summed E-state index contributed by atoms with van der Waals surface area (Å²) in [6.07, 6.45) is 3.95. The number of hydrazine groups is 1. The molecule has 0 spiro atoms. The van der Waals surface area contributed by atoms with E-state index in [2.05, 4.69) is 10.9 Å². The summed E-state index contributed by atoms with van der Waals surface area (Å²) < 4.78 is 4.92. The van der Waals surface area contributed by atoms with E-state index in [0.717, 1.165) is 11.3 Å². The number of hydrogen-bond acceptors (Lipinski definition) is 6. The maximum Gasteiger partial charge on any atom is 0.328 e.